The highest BCUT2D eigenvalue weighted by atomic mass is 16.5. The number of ether oxygens (including phenoxy) is 3. The number of methoxy groups -OCH3 is 3. The molecule has 5 rings (SSSR count). The lowest BCUT2D eigenvalue weighted by Crippen LogP contribution is -2.31. The number of hydrogen-bond acceptors (Lipinski definition) is 7. The molecule has 2 aliphatic rings. The van der Waals surface area contributed by atoms with Gasteiger partial charge in [0.05, 0.1) is 26.9 Å². The van der Waals surface area contributed by atoms with Crippen molar-refractivity contribution in [3.63, 3.8) is 0 Å². The normalized spacial score (nSPS) is 19.4. The van der Waals surface area contributed by atoms with E-state index in [1.54, 1.807) is 33.7 Å². The predicted octanol–water partition coefficient (Wildman–Crippen LogP) is 3.08. The number of carbonyl (C=O) groups excluding carboxylic acids is 1. The van der Waals surface area contributed by atoms with Crippen LogP contribution in [0.2, 0.25) is 0 Å². The molecule has 0 fully saturated rings. The molecule has 170 valence electrons. The number of anilines is 1. The number of allylic oxidation sites excluding steroid dienone is 2. The number of rotatable bonds is 5. The largest absolute Gasteiger partial charge is 0.493 e. The lowest BCUT2D eigenvalue weighted by Gasteiger charge is -2.34. The van der Waals surface area contributed by atoms with Gasteiger partial charge >= 0.3 is 0 Å². The fourth-order valence-corrected chi connectivity index (χ4v) is 4.88. The summed E-state index contributed by atoms with van der Waals surface area (Å²) in [5.74, 6) is 1.62. The van der Waals surface area contributed by atoms with Crippen LogP contribution in [-0.2, 0) is 4.79 Å². The Hall–Kier alpha value is -4.01. The third-order valence-electron chi connectivity index (χ3n) is 6.37. The molecule has 3 heterocycles. The summed E-state index contributed by atoms with van der Waals surface area (Å²) in [6, 6.07) is 7.46. The number of pyridine rings is 1. The third kappa shape index (κ3) is 3.36. The molecule has 2 atom stereocenters. The number of hydrogen-bond donors (Lipinski definition) is 3. The number of carbonyl (C=O) groups is 1. The van der Waals surface area contributed by atoms with Crippen molar-refractivity contribution in [3.05, 3.63) is 75.0 Å². The van der Waals surface area contributed by atoms with Crippen molar-refractivity contribution in [2.24, 2.45) is 0 Å². The van der Waals surface area contributed by atoms with E-state index in [0.29, 0.717) is 47.0 Å². The molecule has 0 amide bonds. The van der Waals surface area contributed by atoms with Gasteiger partial charge < -0.3 is 19.5 Å². The fraction of sp³-hybridized carbons (Fsp3) is 0.292. The van der Waals surface area contributed by atoms with E-state index in [0.717, 1.165) is 16.8 Å². The topological polar surface area (TPSA) is 118 Å². The molecular weight excluding hydrogens is 424 g/mol. The summed E-state index contributed by atoms with van der Waals surface area (Å²) >= 11 is 0. The Kier molecular flexibility index (Phi) is 5.16. The van der Waals surface area contributed by atoms with Gasteiger partial charge in [-0.15, -0.1) is 0 Å². The second kappa shape index (κ2) is 8.16. The number of aromatic nitrogens is 3. The smallest absolute Gasteiger partial charge is 0.270 e. The molecule has 0 bridgehead atoms. The van der Waals surface area contributed by atoms with Gasteiger partial charge in [0.1, 0.15) is 5.82 Å². The van der Waals surface area contributed by atoms with Gasteiger partial charge in [-0.2, -0.15) is 0 Å². The standard InChI is InChI=1S/C24H24N4O5/c1-31-17-10-14(11-18(32-2)22(17)33-3)13-8-15-20(16(29)9-13)19(12-4-6-25-7-5-12)21-23(26-15)27-28-24(21)30/h4-7,10-11,13,19H,8-9H2,1-3H3,(H3,26,27,28,30)/t13-,19-/m0/s1. The van der Waals surface area contributed by atoms with Crippen molar-refractivity contribution >= 4 is 11.6 Å². The average Bonchev–Trinajstić information content (AvgIpc) is 3.22. The highest BCUT2D eigenvalue weighted by molar-refractivity contribution is 6.01. The molecule has 1 aromatic carbocycles. The van der Waals surface area contributed by atoms with Crippen molar-refractivity contribution < 1.29 is 19.0 Å². The van der Waals surface area contributed by atoms with Crippen molar-refractivity contribution in [1.29, 1.82) is 0 Å². The van der Waals surface area contributed by atoms with Crippen LogP contribution < -0.4 is 25.1 Å². The van der Waals surface area contributed by atoms with Crippen molar-refractivity contribution in [1.82, 2.24) is 15.2 Å². The maximum atomic E-state index is 13.5. The molecule has 3 aromatic rings. The summed E-state index contributed by atoms with van der Waals surface area (Å²) in [4.78, 5) is 30.2. The first-order valence-electron chi connectivity index (χ1n) is 10.6. The first-order valence-corrected chi connectivity index (χ1v) is 10.6. The summed E-state index contributed by atoms with van der Waals surface area (Å²) in [5.41, 5.74) is 3.46. The Morgan fingerprint density at radius 3 is 2.24 bits per heavy atom. The van der Waals surface area contributed by atoms with E-state index in [1.165, 1.54) is 0 Å². The average molecular weight is 448 g/mol. The summed E-state index contributed by atoms with van der Waals surface area (Å²) in [7, 11) is 4.70. The number of nitrogens with one attached hydrogen (secondary N) is 3. The molecule has 3 N–H and O–H groups in total. The number of H-pyrrole nitrogens is 2. The number of benzene rings is 1. The van der Waals surface area contributed by atoms with Crippen LogP contribution in [-0.4, -0.2) is 42.3 Å². The van der Waals surface area contributed by atoms with Gasteiger partial charge in [0.2, 0.25) is 5.75 Å². The van der Waals surface area contributed by atoms with Crippen molar-refractivity contribution in [2.75, 3.05) is 26.6 Å². The van der Waals surface area contributed by atoms with Gasteiger partial charge in [0.15, 0.2) is 17.3 Å². The quantitative estimate of drug-likeness (QED) is 0.549. The number of fused-ring (bicyclic) bond motifs is 1. The van der Waals surface area contributed by atoms with Gasteiger partial charge in [-0.25, -0.2) is 0 Å². The molecular formula is C24H24N4O5. The van der Waals surface area contributed by atoms with Gasteiger partial charge in [-0.3, -0.25) is 24.8 Å². The van der Waals surface area contributed by atoms with Gasteiger partial charge in [0, 0.05) is 36.0 Å². The molecule has 1 aliphatic heterocycles. The molecule has 2 aromatic heterocycles. The van der Waals surface area contributed by atoms with E-state index in [4.69, 9.17) is 14.2 Å². The van der Waals surface area contributed by atoms with Crippen LogP contribution in [0.1, 0.15) is 41.4 Å². The molecule has 9 nitrogen and oxygen atoms in total. The molecule has 9 heteroatoms. The van der Waals surface area contributed by atoms with E-state index in [2.05, 4.69) is 20.5 Å². The van der Waals surface area contributed by atoms with Crippen LogP contribution in [0.15, 0.2) is 52.7 Å². The highest BCUT2D eigenvalue weighted by Gasteiger charge is 2.40. The minimum Gasteiger partial charge on any atom is -0.493 e. The Balaban J connectivity index is 1.59. The minimum atomic E-state index is -0.456. The van der Waals surface area contributed by atoms with Crippen molar-refractivity contribution in [3.8, 4) is 17.2 Å². The minimum absolute atomic E-state index is 0.00411. The van der Waals surface area contributed by atoms with Crippen LogP contribution in [0.3, 0.4) is 0 Å². The zero-order valence-electron chi connectivity index (χ0n) is 18.5. The lowest BCUT2D eigenvalue weighted by molar-refractivity contribution is -0.116. The van der Waals surface area contributed by atoms with Gasteiger partial charge in [-0.1, -0.05) is 0 Å². The molecule has 0 saturated heterocycles. The van der Waals surface area contributed by atoms with Crippen molar-refractivity contribution in [2.45, 2.75) is 24.7 Å². The maximum Gasteiger partial charge on any atom is 0.270 e. The summed E-state index contributed by atoms with van der Waals surface area (Å²) < 4.78 is 16.4. The van der Waals surface area contributed by atoms with E-state index >= 15 is 0 Å². The summed E-state index contributed by atoms with van der Waals surface area (Å²) in [6.07, 6.45) is 4.24. The molecule has 0 spiro atoms. The van der Waals surface area contributed by atoms with E-state index < -0.39 is 5.92 Å². The molecule has 0 saturated carbocycles. The molecule has 33 heavy (non-hydrogen) atoms. The second-order valence-electron chi connectivity index (χ2n) is 8.09. The van der Waals surface area contributed by atoms with E-state index in [9.17, 15) is 9.59 Å². The Labute approximate surface area is 189 Å². The predicted molar refractivity (Wildman–Crippen MR) is 121 cm³/mol. The number of aromatic amines is 2. The summed E-state index contributed by atoms with van der Waals surface area (Å²) in [5, 5.41) is 8.86. The summed E-state index contributed by atoms with van der Waals surface area (Å²) in [6.45, 7) is 0. The van der Waals surface area contributed by atoms with Crippen LogP contribution in [0.4, 0.5) is 5.82 Å². The first-order chi connectivity index (χ1) is 16.0. The lowest BCUT2D eigenvalue weighted by atomic mass is 9.73. The van der Waals surface area contributed by atoms with Crippen LogP contribution in [0.5, 0.6) is 17.2 Å². The molecule has 1 aliphatic carbocycles. The Morgan fingerprint density at radius 1 is 0.909 bits per heavy atom. The SMILES string of the molecule is COc1cc([C@@H]2CC(=O)C3=C(C2)Nc2[nH][nH]c(=O)c2[C@H]3c2ccncc2)cc(OC)c1OC. The maximum absolute atomic E-state index is 13.5. The monoisotopic (exact) mass is 448 g/mol. The van der Waals surface area contributed by atoms with Crippen LogP contribution >= 0.6 is 0 Å². The van der Waals surface area contributed by atoms with Gasteiger partial charge in [-0.05, 0) is 47.7 Å². The Morgan fingerprint density at radius 2 is 1.61 bits per heavy atom. The molecule has 0 radical (unpaired) electrons. The first kappa shape index (κ1) is 20.9. The highest BCUT2D eigenvalue weighted by Crippen LogP contribution is 2.48. The van der Waals surface area contributed by atoms with Gasteiger partial charge in [0.25, 0.3) is 5.56 Å². The zero-order valence-corrected chi connectivity index (χ0v) is 18.5. The fourth-order valence-electron chi connectivity index (χ4n) is 4.88. The van der Waals surface area contributed by atoms with Crippen LogP contribution in [0, 0.1) is 0 Å². The van der Waals surface area contributed by atoms with E-state index in [-0.39, 0.29) is 17.3 Å². The zero-order chi connectivity index (χ0) is 23.1. The molecule has 0 unspecified atom stereocenters. The number of nitrogens with zero attached hydrogens (tertiary/aromatic N) is 1. The number of Topliss-reactive ketones (excluding diaryl/α,β-unsaturated/α-hetero) is 1. The Bertz CT molecular complexity index is 1280. The second-order valence-corrected chi connectivity index (χ2v) is 8.09. The van der Waals surface area contributed by atoms with E-state index in [1.807, 2.05) is 24.3 Å². The third-order valence-corrected chi connectivity index (χ3v) is 6.37. The number of ketones is 1. The van der Waals surface area contributed by atoms with Crippen LogP contribution in [0.25, 0.3) is 0 Å².